The Bertz CT molecular complexity index is 195. The highest BCUT2D eigenvalue weighted by Crippen LogP contribution is 1.89. The maximum absolute atomic E-state index is 11.0. The van der Waals surface area contributed by atoms with Gasteiger partial charge in [0.05, 0.1) is 12.6 Å². The minimum absolute atomic E-state index is 0.420. The average Bonchev–Trinajstić information content (AvgIpc) is 2.11. The van der Waals surface area contributed by atoms with Gasteiger partial charge in [0.2, 0.25) is 5.91 Å². The molecule has 0 aliphatic heterocycles. The lowest BCUT2D eigenvalue weighted by Crippen LogP contribution is -2.49. The van der Waals surface area contributed by atoms with Gasteiger partial charge in [0.1, 0.15) is 6.04 Å². The fourth-order valence-corrected chi connectivity index (χ4v) is 0.650. The van der Waals surface area contributed by atoms with Crippen LogP contribution in [0.5, 0.6) is 0 Å². The number of nitrogens with two attached hydrogens (primary N) is 1. The Kier molecular flexibility index (Phi) is 5.01. The number of carboxylic acids is 1. The third-order valence-corrected chi connectivity index (χ3v) is 1.57. The molecule has 0 heterocycles. The first kappa shape index (κ1) is 11.9. The lowest BCUT2D eigenvalue weighted by atomic mass is 10.2. The van der Waals surface area contributed by atoms with Crippen molar-refractivity contribution in [1.82, 2.24) is 5.32 Å². The molecule has 0 aromatic rings. The zero-order chi connectivity index (χ0) is 10.4. The van der Waals surface area contributed by atoms with Gasteiger partial charge in [-0.2, -0.15) is 0 Å². The summed E-state index contributed by atoms with van der Waals surface area (Å²) in [6, 6.07) is -2.00. The van der Waals surface area contributed by atoms with Crippen molar-refractivity contribution in [1.29, 1.82) is 0 Å². The van der Waals surface area contributed by atoms with Crippen molar-refractivity contribution in [3.63, 3.8) is 0 Å². The number of aliphatic hydroxyl groups is 1. The van der Waals surface area contributed by atoms with E-state index in [0.29, 0.717) is 6.42 Å². The van der Waals surface area contributed by atoms with Gasteiger partial charge in [-0.25, -0.2) is 4.79 Å². The van der Waals surface area contributed by atoms with E-state index in [1.54, 1.807) is 6.92 Å². The van der Waals surface area contributed by atoms with E-state index in [-0.39, 0.29) is 0 Å². The number of aliphatic carboxylic acids is 1. The van der Waals surface area contributed by atoms with Crippen molar-refractivity contribution < 1.29 is 19.8 Å². The van der Waals surface area contributed by atoms with E-state index < -0.39 is 30.6 Å². The molecule has 1 amide bonds. The van der Waals surface area contributed by atoms with Gasteiger partial charge < -0.3 is 21.3 Å². The lowest BCUT2D eigenvalue weighted by molar-refractivity contribution is -0.143. The molecule has 0 radical (unpaired) electrons. The summed E-state index contributed by atoms with van der Waals surface area (Å²) in [6.45, 7) is 1.07. The van der Waals surface area contributed by atoms with E-state index in [1.807, 2.05) is 0 Å². The first-order valence-corrected chi connectivity index (χ1v) is 3.92. The SMILES string of the molecule is CC[C@@H](N)C(=O)NC(CO)C(=O)O. The van der Waals surface area contributed by atoms with Crippen LogP contribution < -0.4 is 11.1 Å². The van der Waals surface area contributed by atoms with Crippen molar-refractivity contribution in [2.75, 3.05) is 6.61 Å². The van der Waals surface area contributed by atoms with Crippen LogP contribution in [-0.2, 0) is 9.59 Å². The number of carboxylic acid groups (broad SMARTS) is 1. The van der Waals surface area contributed by atoms with Crippen LogP contribution in [0.2, 0.25) is 0 Å². The maximum Gasteiger partial charge on any atom is 0.328 e. The molecule has 0 aromatic carbocycles. The minimum atomic E-state index is -1.28. The number of carbonyl (C=O) groups excluding carboxylic acids is 1. The third-order valence-electron chi connectivity index (χ3n) is 1.57. The van der Waals surface area contributed by atoms with Crippen LogP contribution >= 0.6 is 0 Å². The predicted octanol–water partition coefficient (Wildman–Crippen LogP) is -1.71. The average molecular weight is 190 g/mol. The highest BCUT2D eigenvalue weighted by Gasteiger charge is 2.21. The summed E-state index contributed by atoms with van der Waals surface area (Å²) >= 11 is 0. The van der Waals surface area contributed by atoms with Crippen molar-refractivity contribution in [2.24, 2.45) is 5.73 Å². The standard InChI is InChI=1S/C7H14N2O4/c1-2-4(8)6(11)9-5(3-10)7(12)13/h4-5,10H,2-3,8H2,1H3,(H,9,11)(H,12,13)/t4-,5?/m1/s1. The topological polar surface area (TPSA) is 113 Å². The van der Waals surface area contributed by atoms with E-state index >= 15 is 0 Å². The van der Waals surface area contributed by atoms with Gasteiger partial charge in [-0.15, -0.1) is 0 Å². The second-order valence-corrected chi connectivity index (χ2v) is 2.60. The molecular formula is C7H14N2O4. The molecule has 76 valence electrons. The zero-order valence-electron chi connectivity index (χ0n) is 7.36. The third kappa shape index (κ3) is 3.86. The van der Waals surface area contributed by atoms with E-state index in [0.717, 1.165) is 0 Å². The lowest BCUT2D eigenvalue weighted by Gasteiger charge is -2.14. The molecule has 0 aliphatic carbocycles. The largest absolute Gasteiger partial charge is 0.480 e. The zero-order valence-corrected chi connectivity index (χ0v) is 7.36. The van der Waals surface area contributed by atoms with Crippen LogP contribution in [0.1, 0.15) is 13.3 Å². The molecule has 0 saturated carbocycles. The molecule has 6 nitrogen and oxygen atoms in total. The monoisotopic (exact) mass is 190 g/mol. The highest BCUT2D eigenvalue weighted by molar-refractivity contribution is 5.86. The minimum Gasteiger partial charge on any atom is -0.480 e. The summed E-state index contributed by atoms with van der Waals surface area (Å²) in [5.41, 5.74) is 5.33. The van der Waals surface area contributed by atoms with Crippen LogP contribution in [0.15, 0.2) is 0 Å². The van der Waals surface area contributed by atoms with E-state index in [2.05, 4.69) is 5.32 Å². The molecule has 0 bridgehead atoms. The number of carbonyl (C=O) groups is 2. The second kappa shape index (κ2) is 5.50. The molecule has 0 rings (SSSR count). The van der Waals surface area contributed by atoms with Crippen molar-refractivity contribution in [3.05, 3.63) is 0 Å². The Morgan fingerprint density at radius 3 is 2.38 bits per heavy atom. The molecule has 2 atom stereocenters. The second-order valence-electron chi connectivity index (χ2n) is 2.60. The molecule has 13 heavy (non-hydrogen) atoms. The maximum atomic E-state index is 11.0. The summed E-state index contributed by atoms with van der Waals surface area (Å²) in [7, 11) is 0. The van der Waals surface area contributed by atoms with Crippen molar-refractivity contribution in [2.45, 2.75) is 25.4 Å². The molecule has 0 fully saturated rings. The quantitative estimate of drug-likeness (QED) is 0.412. The van der Waals surface area contributed by atoms with Crippen LogP contribution in [0.25, 0.3) is 0 Å². The smallest absolute Gasteiger partial charge is 0.328 e. The molecular weight excluding hydrogens is 176 g/mol. The van der Waals surface area contributed by atoms with Crippen LogP contribution in [0.3, 0.4) is 0 Å². The Morgan fingerprint density at radius 2 is 2.08 bits per heavy atom. The van der Waals surface area contributed by atoms with Crippen LogP contribution in [0.4, 0.5) is 0 Å². The number of hydrogen-bond acceptors (Lipinski definition) is 4. The van der Waals surface area contributed by atoms with Gasteiger partial charge in [-0.3, -0.25) is 4.79 Å². The molecule has 1 unspecified atom stereocenters. The number of nitrogens with one attached hydrogen (secondary N) is 1. The molecule has 0 spiro atoms. The fourth-order valence-electron chi connectivity index (χ4n) is 0.650. The van der Waals surface area contributed by atoms with Gasteiger partial charge in [-0.1, -0.05) is 6.92 Å². The molecule has 0 saturated heterocycles. The van der Waals surface area contributed by atoms with Gasteiger partial charge in [0.25, 0.3) is 0 Å². The Labute approximate surface area is 75.7 Å². The molecule has 0 aliphatic rings. The van der Waals surface area contributed by atoms with E-state index in [1.165, 1.54) is 0 Å². The van der Waals surface area contributed by atoms with Gasteiger partial charge in [-0.05, 0) is 6.42 Å². The van der Waals surface area contributed by atoms with Crippen molar-refractivity contribution >= 4 is 11.9 Å². The first-order chi connectivity index (χ1) is 6.02. The summed E-state index contributed by atoms with van der Waals surface area (Å²) in [5, 5.41) is 19.1. The Morgan fingerprint density at radius 1 is 1.54 bits per heavy atom. The summed E-state index contributed by atoms with van der Waals surface area (Å²) in [6.07, 6.45) is 0.420. The fraction of sp³-hybridized carbons (Fsp3) is 0.714. The molecule has 5 N–H and O–H groups in total. The normalized spacial score (nSPS) is 14.7. The summed E-state index contributed by atoms with van der Waals surface area (Å²) < 4.78 is 0. The van der Waals surface area contributed by atoms with Gasteiger partial charge in [0, 0.05) is 0 Å². The predicted molar refractivity (Wildman–Crippen MR) is 44.9 cm³/mol. The van der Waals surface area contributed by atoms with Gasteiger partial charge in [0.15, 0.2) is 0 Å². The Hall–Kier alpha value is -1.14. The highest BCUT2D eigenvalue weighted by atomic mass is 16.4. The van der Waals surface area contributed by atoms with E-state index in [4.69, 9.17) is 15.9 Å². The number of hydrogen-bond donors (Lipinski definition) is 4. The van der Waals surface area contributed by atoms with E-state index in [9.17, 15) is 9.59 Å². The number of rotatable bonds is 5. The van der Waals surface area contributed by atoms with Crippen LogP contribution in [0, 0.1) is 0 Å². The summed E-state index contributed by atoms with van der Waals surface area (Å²) in [4.78, 5) is 21.4. The van der Waals surface area contributed by atoms with Crippen LogP contribution in [-0.4, -0.2) is 40.8 Å². The van der Waals surface area contributed by atoms with Crippen molar-refractivity contribution in [3.8, 4) is 0 Å². The number of aliphatic hydroxyl groups excluding tert-OH is 1. The first-order valence-electron chi connectivity index (χ1n) is 3.92. The summed E-state index contributed by atoms with van der Waals surface area (Å²) in [5.74, 6) is -1.84. The molecule has 0 aromatic heterocycles. The molecule has 6 heteroatoms. The number of amides is 1. The van der Waals surface area contributed by atoms with Gasteiger partial charge >= 0.3 is 5.97 Å². The Balaban J connectivity index is 4.09.